The van der Waals surface area contributed by atoms with Gasteiger partial charge in [0.15, 0.2) is 0 Å². The van der Waals surface area contributed by atoms with Crippen molar-refractivity contribution in [1.82, 2.24) is 4.90 Å². The standard InChI is InChI=1S/C25H29NO4/c1-4-25(2,3)14-5-7-15(8-6-14)30-20(27)11-12-26-23(28)21-16-9-10-17(19-13-18(16)19)22(21)24(26)29/h5-10,16-19,21-22H,4,11-13H2,1-3H3/t16-,17+,18-,19+,21-,22+. The Bertz CT molecular complexity index is 895. The van der Waals surface area contributed by atoms with Crippen LogP contribution in [0.25, 0.3) is 0 Å². The Hall–Kier alpha value is -2.43. The van der Waals surface area contributed by atoms with Gasteiger partial charge in [0, 0.05) is 6.54 Å². The molecule has 1 heterocycles. The first kappa shape index (κ1) is 19.5. The van der Waals surface area contributed by atoms with Crippen molar-refractivity contribution in [3.63, 3.8) is 0 Å². The summed E-state index contributed by atoms with van der Waals surface area (Å²) in [5.74, 6) is 1.08. The molecule has 5 heteroatoms. The maximum Gasteiger partial charge on any atom is 0.312 e. The fourth-order valence-electron chi connectivity index (χ4n) is 5.80. The van der Waals surface area contributed by atoms with Crippen molar-refractivity contribution >= 4 is 17.8 Å². The van der Waals surface area contributed by atoms with Gasteiger partial charge in [-0.05, 0) is 59.6 Å². The monoisotopic (exact) mass is 407 g/mol. The fraction of sp³-hybridized carbons (Fsp3) is 0.560. The summed E-state index contributed by atoms with van der Waals surface area (Å²) < 4.78 is 5.44. The molecule has 2 amide bonds. The number of nitrogens with zero attached hydrogens (tertiary/aromatic N) is 1. The van der Waals surface area contributed by atoms with Gasteiger partial charge in [-0.1, -0.05) is 45.1 Å². The summed E-state index contributed by atoms with van der Waals surface area (Å²) in [5.41, 5.74) is 1.27. The Kier molecular flexibility index (Phi) is 4.42. The van der Waals surface area contributed by atoms with Crippen LogP contribution in [0.15, 0.2) is 36.4 Å². The third-order valence-corrected chi connectivity index (χ3v) is 8.04. The lowest BCUT2D eigenvalue weighted by Crippen LogP contribution is -2.40. The number of hydrogen-bond acceptors (Lipinski definition) is 4. The van der Waals surface area contributed by atoms with Crippen LogP contribution in [0.5, 0.6) is 5.75 Å². The zero-order chi connectivity index (χ0) is 21.2. The number of imide groups is 1. The van der Waals surface area contributed by atoms with E-state index < -0.39 is 5.97 Å². The molecule has 6 rings (SSSR count). The average Bonchev–Trinajstić information content (AvgIpc) is 3.52. The zero-order valence-corrected chi connectivity index (χ0v) is 17.8. The van der Waals surface area contributed by atoms with Crippen molar-refractivity contribution in [1.29, 1.82) is 0 Å². The van der Waals surface area contributed by atoms with Crippen molar-refractivity contribution in [3.05, 3.63) is 42.0 Å². The molecule has 158 valence electrons. The molecular formula is C25H29NO4. The SMILES string of the molecule is CCC(C)(C)c1ccc(OC(=O)CCN2C(=O)[C@@H]3[C@@H]4C=C[C@@H]([C@@H]5C[C@H]45)[C@@H]3C2=O)cc1. The molecule has 2 bridgehead atoms. The number of ether oxygens (including phenoxy) is 1. The third-order valence-electron chi connectivity index (χ3n) is 8.04. The van der Waals surface area contributed by atoms with Gasteiger partial charge in [0.2, 0.25) is 11.8 Å². The number of carbonyl (C=O) groups excluding carboxylic acids is 3. The quantitative estimate of drug-likeness (QED) is 0.312. The highest BCUT2D eigenvalue weighted by Crippen LogP contribution is 2.65. The number of rotatable bonds is 6. The van der Waals surface area contributed by atoms with Crippen LogP contribution in [0.2, 0.25) is 0 Å². The Labute approximate surface area is 177 Å². The number of allylic oxidation sites excluding steroid dienone is 2. The summed E-state index contributed by atoms with van der Waals surface area (Å²) in [6.07, 6.45) is 6.51. The first-order valence-electron chi connectivity index (χ1n) is 11.2. The molecule has 1 aliphatic heterocycles. The van der Waals surface area contributed by atoms with Gasteiger partial charge < -0.3 is 4.74 Å². The molecule has 5 aliphatic rings. The number of benzene rings is 1. The van der Waals surface area contributed by atoms with Gasteiger partial charge in [0.05, 0.1) is 18.3 Å². The predicted molar refractivity (Wildman–Crippen MR) is 111 cm³/mol. The highest BCUT2D eigenvalue weighted by molar-refractivity contribution is 6.06. The largest absolute Gasteiger partial charge is 0.426 e. The first-order valence-corrected chi connectivity index (χ1v) is 11.2. The van der Waals surface area contributed by atoms with Crippen LogP contribution in [0.4, 0.5) is 0 Å². The second-order valence-corrected chi connectivity index (χ2v) is 9.97. The summed E-state index contributed by atoms with van der Waals surface area (Å²) in [6.45, 7) is 6.62. The molecule has 0 radical (unpaired) electrons. The lowest BCUT2D eigenvalue weighted by molar-refractivity contribution is -0.141. The summed E-state index contributed by atoms with van der Waals surface area (Å²) >= 11 is 0. The van der Waals surface area contributed by atoms with Crippen molar-refractivity contribution < 1.29 is 19.1 Å². The summed E-state index contributed by atoms with van der Waals surface area (Å²) in [7, 11) is 0. The van der Waals surface area contributed by atoms with E-state index in [1.54, 1.807) is 12.1 Å². The Morgan fingerprint density at radius 3 is 2.13 bits per heavy atom. The molecule has 3 fully saturated rings. The van der Waals surface area contributed by atoms with E-state index in [4.69, 9.17) is 4.74 Å². The molecule has 1 saturated heterocycles. The topological polar surface area (TPSA) is 63.7 Å². The van der Waals surface area contributed by atoms with E-state index in [-0.39, 0.29) is 53.9 Å². The van der Waals surface area contributed by atoms with Crippen LogP contribution in [0.3, 0.4) is 0 Å². The predicted octanol–water partition coefficient (Wildman–Crippen LogP) is 3.72. The van der Waals surface area contributed by atoms with Gasteiger partial charge >= 0.3 is 5.97 Å². The van der Waals surface area contributed by atoms with Gasteiger partial charge in [0.1, 0.15) is 5.75 Å². The van der Waals surface area contributed by atoms with Gasteiger partial charge in [-0.25, -0.2) is 0 Å². The van der Waals surface area contributed by atoms with Gasteiger partial charge in [0.25, 0.3) is 0 Å². The number of esters is 1. The molecule has 0 unspecified atom stereocenters. The summed E-state index contributed by atoms with van der Waals surface area (Å²) in [6, 6.07) is 7.58. The molecule has 0 N–H and O–H groups in total. The van der Waals surface area contributed by atoms with Crippen LogP contribution in [-0.4, -0.2) is 29.2 Å². The molecule has 6 atom stereocenters. The van der Waals surface area contributed by atoms with E-state index in [1.807, 2.05) is 12.1 Å². The van der Waals surface area contributed by atoms with E-state index in [1.165, 1.54) is 10.5 Å². The van der Waals surface area contributed by atoms with Gasteiger partial charge in [-0.15, -0.1) is 0 Å². The molecule has 4 aliphatic carbocycles. The minimum atomic E-state index is -0.420. The number of carbonyl (C=O) groups is 3. The molecule has 0 aromatic heterocycles. The number of hydrogen-bond donors (Lipinski definition) is 0. The van der Waals surface area contributed by atoms with E-state index in [2.05, 4.69) is 32.9 Å². The molecule has 1 aromatic rings. The zero-order valence-electron chi connectivity index (χ0n) is 17.8. The smallest absolute Gasteiger partial charge is 0.312 e. The Morgan fingerprint density at radius 1 is 1.03 bits per heavy atom. The van der Waals surface area contributed by atoms with Crippen LogP contribution >= 0.6 is 0 Å². The normalized spacial score (nSPS) is 33.5. The average molecular weight is 408 g/mol. The fourth-order valence-corrected chi connectivity index (χ4v) is 5.80. The lowest BCUT2D eigenvalue weighted by atomic mass is 9.63. The van der Waals surface area contributed by atoms with E-state index in [0.717, 1.165) is 12.8 Å². The second kappa shape index (κ2) is 6.79. The van der Waals surface area contributed by atoms with Crippen LogP contribution in [-0.2, 0) is 19.8 Å². The van der Waals surface area contributed by atoms with Gasteiger partial charge in [-0.3, -0.25) is 19.3 Å². The van der Waals surface area contributed by atoms with E-state index in [0.29, 0.717) is 17.6 Å². The second-order valence-electron chi connectivity index (χ2n) is 9.97. The van der Waals surface area contributed by atoms with E-state index >= 15 is 0 Å². The minimum absolute atomic E-state index is 0.0226. The van der Waals surface area contributed by atoms with Crippen LogP contribution in [0.1, 0.15) is 45.6 Å². The summed E-state index contributed by atoms with van der Waals surface area (Å²) in [5, 5.41) is 0. The van der Waals surface area contributed by atoms with E-state index in [9.17, 15) is 14.4 Å². The highest BCUT2D eigenvalue weighted by Gasteiger charge is 2.66. The van der Waals surface area contributed by atoms with Crippen molar-refractivity contribution in [2.24, 2.45) is 35.5 Å². The van der Waals surface area contributed by atoms with Crippen molar-refractivity contribution in [3.8, 4) is 5.75 Å². The maximum atomic E-state index is 13.0. The van der Waals surface area contributed by atoms with Gasteiger partial charge in [-0.2, -0.15) is 0 Å². The molecule has 30 heavy (non-hydrogen) atoms. The highest BCUT2D eigenvalue weighted by atomic mass is 16.5. The maximum absolute atomic E-state index is 13.0. The molecule has 5 nitrogen and oxygen atoms in total. The third kappa shape index (κ3) is 2.93. The lowest BCUT2D eigenvalue weighted by Gasteiger charge is -2.37. The van der Waals surface area contributed by atoms with Crippen LogP contribution in [0, 0.1) is 35.5 Å². The Morgan fingerprint density at radius 2 is 1.60 bits per heavy atom. The number of amides is 2. The first-order chi connectivity index (χ1) is 14.3. The molecule has 1 aromatic carbocycles. The van der Waals surface area contributed by atoms with Crippen molar-refractivity contribution in [2.75, 3.05) is 6.54 Å². The molecular weight excluding hydrogens is 378 g/mol. The molecule has 0 spiro atoms. The number of likely N-dealkylation sites (tertiary alicyclic amines) is 1. The van der Waals surface area contributed by atoms with Crippen LogP contribution < -0.4 is 4.74 Å². The van der Waals surface area contributed by atoms with Crippen molar-refractivity contribution in [2.45, 2.75) is 45.4 Å². The molecule has 2 saturated carbocycles. The Balaban J connectivity index is 1.19. The summed E-state index contributed by atoms with van der Waals surface area (Å²) in [4.78, 5) is 39.6. The minimum Gasteiger partial charge on any atom is -0.426 e.